The highest BCUT2D eigenvalue weighted by Crippen LogP contribution is 2.53. The van der Waals surface area contributed by atoms with E-state index in [0.29, 0.717) is 46.9 Å². The van der Waals surface area contributed by atoms with Crippen LogP contribution in [0.2, 0.25) is 5.02 Å². The fourth-order valence-electron chi connectivity index (χ4n) is 8.57. The quantitative estimate of drug-likeness (QED) is 0.211. The van der Waals surface area contributed by atoms with Gasteiger partial charge in [-0.1, -0.05) is 55.8 Å². The molecule has 4 aliphatic rings. The number of halogens is 4. The Morgan fingerprint density at radius 1 is 1.16 bits per heavy atom. The van der Waals surface area contributed by atoms with E-state index in [-0.39, 0.29) is 24.2 Å². The first kappa shape index (κ1) is 37.6. The molecule has 51 heavy (non-hydrogen) atoms. The van der Waals surface area contributed by atoms with Gasteiger partial charge in [0.25, 0.3) is 0 Å². The van der Waals surface area contributed by atoms with Crippen LogP contribution in [0.5, 0.6) is 0 Å². The van der Waals surface area contributed by atoms with Crippen molar-refractivity contribution in [2.45, 2.75) is 95.4 Å². The Morgan fingerprint density at radius 2 is 1.86 bits per heavy atom. The van der Waals surface area contributed by atoms with E-state index in [4.69, 9.17) is 25.9 Å². The number of carbonyl (C=O) groups is 2. The normalized spacial score (nSPS) is 33.7. The van der Waals surface area contributed by atoms with Crippen LogP contribution in [0.1, 0.15) is 63.6 Å². The minimum atomic E-state index is -4.40. The van der Waals surface area contributed by atoms with Crippen LogP contribution < -0.4 is 15.7 Å². The Morgan fingerprint density at radius 3 is 2.53 bits per heavy atom. The molecule has 0 radical (unpaired) electrons. The number of rotatable bonds is 8. The van der Waals surface area contributed by atoms with E-state index < -0.39 is 65.3 Å². The standard InChI is InChI=1S/C37H45ClF3N3O7/c1-19-15-27-25(20(2)17-42-18-23-10-12-24(13-11-23)37(39,40)41)14-9-21(3)36(27,48)32(31(19)49-22(4)45)50-33(46)29-16-35(47)26-7-6-8-28(38)30(26)44(5)51-34(35)43-29/h6-8,10-13,15,20-21,25,27,29,31-32,34,42-43,47-48H,9,14,16-18H2,1-5H3/t20?,21-,25+,27-,29+,31-,32+,34-,35-,36-/m1/s1. The minimum absolute atomic E-state index is 0.00375. The number of esters is 2. The van der Waals surface area contributed by atoms with Gasteiger partial charge in [0.05, 0.1) is 16.3 Å². The number of nitrogens with one attached hydrogen (secondary N) is 2. The van der Waals surface area contributed by atoms with Crippen LogP contribution in [0.4, 0.5) is 18.9 Å². The van der Waals surface area contributed by atoms with Gasteiger partial charge >= 0.3 is 18.1 Å². The van der Waals surface area contributed by atoms with E-state index in [0.717, 1.165) is 18.6 Å². The molecule has 0 bridgehead atoms. The fraction of sp³-hybridized carbons (Fsp3) is 0.568. The molecule has 2 aromatic rings. The molecule has 2 aromatic carbocycles. The molecule has 6 rings (SSSR count). The summed E-state index contributed by atoms with van der Waals surface area (Å²) < 4.78 is 51.0. The maximum Gasteiger partial charge on any atom is 0.416 e. The van der Waals surface area contributed by atoms with Crippen LogP contribution in [0.25, 0.3) is 0 Å². The van der Waals surface area contributed by atoms with Gasteiger partial charge < -0.3 is 25.0 Å². The van der Waals surface area contributed by atoms with E-state index in [2.05, 4.69) is 17.6 Å². The van der Waals surface area contributed by atoms with Gasteiger partial charge in [-0.05, 0) is 73.4 Å². The summed E-state index contributed by atoms with van der Waals surface area (Å²) in [6, 6.07) is 9.12. The van der Waals surface area contributed by atoms with Crippen molar-refractivity contribution in [3.63, 3.8) is 0 Å². The molecule has 278 valence electrons. The number of anilines is 1. The number of hydrogen-bond donors (Lipinski definition) is 4. The first-order valence-electron chi connectivity index (χ1n) is 17.3. The molecular formula is C37H45ClF3N3O7. The minimum Gasteiger partial charge on any atom is -0.454 e. The van der Waals surface area contributed by atoms with Crippen molar-refractivity contribution < 1.29 is 47.3 Å². The molecule has 2 aliphatic carbocycles. The average Bonchev–Trinajstić information content (AvgIpc) is 3.41. The number of para-hydroxylation sites is 1. The van der Waals surface area contributed by atoms with Crippen LogP contribution in [-0.4, -0.2) is 65.8 Å². The number of hydrogen-bond acceptors (Lipinski definition) is 10. The van der Waals surface area contributed by atoms with Gasteiger partial charge in [-0.15, -0.1) is 0 Å². The van der Waals surface area contributed by atoms with E-state index in [9.17, 15) is 33.0 Å². The lowest BCUT2D eigenvalue weighted by molar-refractivity contribution is -0.225. The fourth-order valence-corrected chi connectivity index (χ4v) is 8.86. The van der Waals surface area contributed by atoms with Gasteiger partial charge in [-0.3, -0.25) is 24.8 Å². The molecule has 1 saturated heterocycles. The second kappa shape index (κ2) is 14.0. The Bertz CT molecular complexity index is 1680. The summed E-state index contributed by atoms with van der Waals surface area (Å²) in [5, 5.41) is 32.8. The van der Waals surface area contributed by atoms with Gasteiger partial charge in [-0.25, -0.2) is 0 Å². The van der Waals surface area contributed by atoms with Crippen molar-refractivity contribution in [2.24, 2.45) is 23.7 Å². The van der Waals surface area contributed by atoms with Crippen molar-refractivity contribution in [2.75, 3.05) is 18.7 Å². The molecule has 14 heteroatoms. The van der Waals surface area contributed by atoms with Gasteiger partial charge in [-0.2, -0.15) is 13.2 Å². The highest BCUT2D eigenvalue weighted by atomic mass is 35.5. The van der Waals surface area contributed by atoms with Crippen molar-refractivity contribution in [3.8, 4) is 0 Å². The topological polar surface area (TPSA) is 130 Å². The number of aliphatic hydroxyl groups is 2. The summed E-state index contributed by atoms with van der Waals surface area (Å²) in [6.07, 6.45) is -4.48. The summed E-state index contributed by atoms with van der Waals surface area (Å²) in [6.45, 7) is 7.87. The van der Waals surface area contributed by atoms with Crippen LogP contribution >= 0.6 is 11.6 Å². The molecule has 0 aromatic heterocycles. The zero-order chi connectivity index (χ0) is 37.0. The molecular weight excluding hydrogens is 691 g/mol. The summed E-state index contributed by atoms with van der Waals surface area (Å²) >= 11 is 6.43. The smallest absolute Gasteiger partial charge is 0.416 e. The van der Waals surface area contributed by atoms with Gasteiger partial charge in [0.15, 0.2) is 18.4 Å². The highest BCUT2D eigenvalue weighted by Gasteiger charge is 2.62. The van der Waals surface area contributed by atoms with Crippen LogP contribution in [0, 0.1) is 23.7 Å². The van der Waals surface area contributed by atoms with Crippen molar-refractivity contribution in [1.82, 2.24) is 10.6 Å². The van der Waals surface area contributed by atoms with Crippen molar-refractivity contribution >= 4 is 29.2 Å². The predicted molar refractivity (Wildman–Crippen MR) is 182 cm³/mol. The van der Waals surface area contributed by atoms with E-state index in [1.807, 2.05) is 13.0 Å². The summed E-state index contributed by atoms with van der Waals surface area (Å²) in [4.78, 5) is 32.3. The van der Waals surface area contributed by atoms with Crippen LogP contribution in [0.15, 0.2) is 54.1 Å². The summed E-state index contributed by atoms with van der Waals surface area (Å²) in [5.74, 6) is -2.22. The molecule has 10 atom stereocenters. The monoisotopic (exact) mass is 735 g/mol. The Balaban J connectivity index is 1.21. The van der Waals surface area contributed by atoms with E-state index in [1.54, 1.807) is 32.2 Å². The molecule has 0 spiro atoms. The average molecular weight is 736 g/mol. The molecule has 1 unspecified atom stereocenters. The second-order valence-corrected chi connectivity index (χ2v) is 15.0. The Hall–Kier alpha value is -3.20. The lowest BCUT2D eigenvalue weighted by Crippen LogP contribution is -2.66. The Kier molecular flexibility index (Phi) is 10.3. The van der Waals surface area contributed by atoms with Crippen molar-refractivity contribution in [1.29, 1.82) is 0 Å². The third kappa shape index (κ3) is 6.89. The molecule has 2 aliphatic heterocycles. The number of hydroxylamine groups is 1. The zero-order valence-corrected chi connectivity index (χ0v) is 29.9. The predicted octanol–water partition coefficient (Wildman–Crippen LogP) is 5.24. The summed E-state index contributed by atoms with van der Waals surface area (Å²) in [7, 11) is 1.65. The van der Waals surface area contributed by atoms with Gasteiger partial charge in [0, 0.05) is 38.4 Å². The first-order chi connectivity index (χ1) is 23.9. The van der Waals surface area contributed by atoms with Gasteiger partial charge in [0.2, 0.25) is 0 Å². The molecule has 1 saturated carbocycles. The maximum absolute atomic E-state index is 14.1. The Labute approximate surface area is 300 Å². The van der Waals surface area contributed by atoms with E-state index >= 15 is 0 Å². The molecule has 2 fully saturated rings. The number of benzene rings is 2. The summed E-state index contributed by atoms with van der Waals surface area (Å²) in [5.41, 5.74) is -1.60. The van der Waals surface area contributed by atoms with Crippen molar-refractivity contribution in [3.05, 3.63) is 75.8 Å². The second-order valence-electron chi connectivity index (χ2n) is 14.6. The number of nitrogens with zero attached hydrogens (tertiary/aromatic N) is 1. The lowest BCUT2D eigenvalue weighted by atomic mass is 9.55. The molecule has 2 heterocycles. The third-order valence-corrected chi connectivity index (χ3v) is 11.6. The van der Waals surface area contributed by atoms with Crippen LogP contribution in [-0.2, 0) is 42.2 Å². The first-order valence-corrected chi connectivity index (χ1v) is 17.7. The van der Waals surface area contributed by atoms with Gasteiger partial charge in [0.1, 0.15) is 17.2 Å². The largest absolute Gasteiger partial charge is 0.454 e. The SMILES string of the molecule is CC(=O)O[C@@H]1C(C)=C[C@@H]2[C@H](C(C)CNCc3ccc(C(F)(F)F)cc3)CC[C@@H](C)[C@]2(O)[C@H]1OC(=O)[C@@H]1C[C@@]2(O)c3cccc(Cl)c3N(C)O[C@H]2N1. The maximum atomic E-state index is 14.1. The highest BCUT2D eigenvalue weighted by molar-refractivity contribution is 6.33. The number of ether oxygens (including phenoxy) is 2. The number of fused-ring (bicyclic) bond motifs is 4. The number of carbonyl (C=O) groups excluding carboxylic acids is 2. The number of alkyl halides is 3. The molecule has 10 nitrogen and oxygen atoms in total. The molecule has 4 N–H and O–H groups in total. The van der Waals surface area contributed by atoms with Crippen LogP contribution in [0.3, 0.4) is 0 Å². The molecule has 0 amide bonds. The third-order valence-electron chi connectivity index (χ3n) is 11.3. The lowest BCUT2D eigenvalue weighted by Gasteiger charge is -2.56. The zero-order valence-electron chi connectivity index (χ0n) is 29.2. The van der Waals surface area contributed by atoms with E-state index in [1.165, 1.54) is 24.1 Å².